The van der Waals surface area contributed by atoms with E-state index in [1.165, 1.54) is 18.2 Å². The lowest BCUT2D eigenvalue weighted by atomic mass is 9.43. The maximum absolute atomic E-state index is 13.8. The van der Waals surface area contributed by atoms with E-state index in [1.807, 2.05) is 6.92 Å². The van der Waals surface area contributed by atoms with Crippen molar-refractivity contribution in [2.24, 2.45) is 40.4 Å². The van der Waals surface area contributed by atoms with Crippen molar-refractivity contribution in [3.63, 3.8) is 0 Å². The normalized spacial score (nSPS) is 39.4. The van der Waals surface area contributed by atoms with E-state index < -0.39 is 12.0 Å². The second kappa shape index (κ2) is 9.68. The molecule has 0 unspecified atom stereocenters. The molecule has 0 radical (unpaired) electrons. The van der Waals surface area contributed by atoms with Crippen molar-refractivity contribution in [3.05, 3.63) is 18.2 Å². The largest absolute Gasteiger partial charge is 0.573 e. The molecule has 8 atom stereocenters. The summed E-state index contributed by atoms with van der Waals surface area (Å²) in [4.78, 5) is 13.8. The number of ketones is 1. The summed E-state index contributed by atoms with van der Waals surface area (Å²) in [5.41, 5.74) is 0.405. The second-order valence-corrected chi connectivity index (χ2v) is 13.7. The van der Waals surface area contributed by atoms with E-state index >= 15 is 0 Å². The van der Waals surface area contributed by atoms with E-state index in [4.69, 9.17) is 4.74 Å². The highest BCUT2D eigenvalue weighted by Crippen LogP contribution is 2.68. The number of nitrogens with one attached hydrogen (secondary N) is 1. The third-order valence-corrected chi connectivity index (χ3v) is 11.5. The summed E-state index contributed by atoms with van der Waals surface area (Å²) >= 11 is 0. The predicted octanol–water partition coefficient (Wildman–Crippen LogP) is 5.35. The van der Waals surface area contributed by atoms with Crippen LogP contribution < -0.4 is 9.42 Å². The summed E-state index contributed by atoms with van der Waals surface area (Å²) in [6, 6.07) is 4.01. The van der Waals surface area contributed by atoms with Gasteiger partial charge in [-0.05, 0) is 111 Å². The summed E-state index contributed by atoms with van der Waals surface area (Å²) in [5, 5.41) is 17.8. The van der Waals surface area contributed by atoms with Gasteiger partial charge in [0.05, 0.1) is 17.4 Å². The van der Waals surface area contributed by atoms with Crippen molar-refractivity contribution >= 4 is 16.8 Å². The average molecular weight is 565 g/mol. The van der Waals surface area contributed by atoms with Crippen LogP contribution >= 0.6 is 0 Å². The van der Waals surface area contributed by atoms with Crippen molar-refractivity contribution < 1.29 is 37.2 Å². The number of aromatic nitrogens is 3. The van der Waals surface area contributed by atoms with E-state index in [2.05, 4.69) is 22.0 Å². The zero-order valence-electron chi connectivity index (χ0n) is 23.6. The molecule has 0 aliphatic heterocycles. The maximum atomic E-state index is 13.8. The van der Waals surface area contributed by atoms with Gasteiger partial charge >= 0.3 is 6.36 Å². The molecule has 0 saturated heterocycles. The maximum Gasteiger partial charge on any atom is 0.573 e. The summed E-state index contributed by atoms with van der Waals surface area (Å²) in [7, 11) is 1.81. The predicted molar refractivity (Wildman–Crippen MR) is 140 cm³/mol. The van der Waals surface area contributed by atoms with Crippen LogP contribution in [0, 0.1) is 40.4 Å². The SMILES string of the molecule is COC[C@]12CC[C@@](C)(O)C[C@@H]1CC[C@H]1[C@@H]3CC[C@H](C(=O)C[n+]4n[nH]c5cc(OC(F)(F)F)ccc54)[C@@]3(C)CC[C@@H]12. The summed E-state index contributed by atoms with van der Waals surface area (Å²) in [6.45, 7) is 5.14. The number of carbonyl (C=O) groups excluding carboxylic acids is 1. The first-order chi connectivity index (χ1) is 18.9. The molecule has 4 aliphatic rings. The fraction of sp³-hybridized carbons (Fsp3) is 0.767. The van der Waals surface area contributed by atoms with E-state index in [-0.39, 0.29) is 34.8 Å². The van der Waals surface area contributed by atoms with Gasteiger partial charge in [0.25, 0.3) is 0 Å². The highest BCUT2D eigenvalue weighted by atomic mass is 19.4. The molecule has 4 aliphatic carbocycles. The van der Waals surface area contributed by atoms with Crippen molar-refractivity contribution in [2.75, 3.05) is 13.7 Å². The molecule has 0 spiro atoms. The molecule has 0 bridgehead atoms. The number of benzene rings is 1. The number of H-pyrrole nitrogens is 1. The van der Waals surface area contributed by atoms with Crippen LogP contribution in [0.1, 0.15) is 71.6 Å². The summed E-state index contributed by atoms with van der Waals surface area (Å²) in [6.07, 6.45) is 4.17. The molecule has 40 heavy (non-hydrogen) atoms. The lowest BCUT2D eigenvalue weighted by Crippen LogP contribution is -2.58. The summed E-state index contributed by atoms with van der Waals surface area (Å²) < 4.78 is 49.3. The quantitative estimate of drug-likeness (QED) is 0.462. The van der Waals surface area contributed by atoms with Crippen LogP contribution in [0.3, 0.4) is 0 Å². The number of carbonyl (C=O) groups is 1. The molecule has 4 saturated carbocycles. The molecule has 10 heteroatoms. The van der Waals surface area contributed by atoms with E-state index in [9.17, 15) is 23.1 Å². The number of rotatable bonds is 6. The van der Waals surface area contributed by atoms with Gasteiger partial charge in [-0.15, -0.1) is 23.0 Å². The van der Waals surface area contributed by atoms with Gasteiger partial charge in [0.15, 0.2) is 23.4 Å². The Balaban J connectivity index is 1.20. The molecule has 2 N–H and O–H groups in total. The van der Waals surface area contributed by atoms with Crippen LogP contribution in [0.15, 0.2) is 18.2 Å². The standard InChI is InChI=1S/C30H40F3N3O4/c1-27(38)12-13-29(17-39-3)18(15-27)4-6-20-21-7-8-23(28(21,2)11-10-22(20)29)26(37)16-36-25-9-5-19(40-30(31,32)33)14-24(25)34-35-36/h5,9,14,18,20-23,38H,4,6-8,10-13,15-17H2,1-3H3/p+1/t18-,20-,21-,22-,23+,27+,28-,29+/m0/s1. The topological polar surface area (TPSA) is 88.3 Å². The summed E-state index contributed by atoms with van der Waals surface area (Å²) in [5.74, 6) is 1.85. The Labute approximate surface area is 232 Å². The molecule has 7 nitrogen and oxygen atoms in total. The Hall–Kier alpha value is -2.20. The van der Waals surface area contributed by atoms with Gasteiger partial charge in [0, 0.05) is 19.1 Å². The van der Waals surface area contributed by atoms with Gasteiger partial charge < -0.3 is 14.6 Å². The first-order valence-corrected chi connectivity index (χ1v) is 14.7. The second-order valence-electron chi connectivity index (χ2n) is 13.7. The molecule has 1 aromatic carbocycles. The number of fused-ring (bicyclic) bond motifs is 6. The number of nitrogens with zero attached hydrogens (tertiary/aromatic N) is 2. The van der Waals surface area contributed by atoms with Crippen LogP contribution in [-0.4, -0.2) is 46.9 Å². The number of Topliss-reactive ketones (excluding diaryl/α,β-unsaturated/α-hetero) is 1. The van der Waals surface area contributed by atoms with Crippen LogP contribution in [0.25, 0.3) is 11.0 Å². The highest BCUT2D eigenvalue weighted by Gasteiger charge is 2.63. The van der Waals surface area contributed by atoms with Crippen molar-refractivity contribution in [1.82, 2.24) is 10.3 Å². The van der Waals surface area contributed by atoms with E-state index in [0.717, 1.165) is 64.4 Å². The number of alkyl halides is 3. The molecule has 6 rings (SSSR count). The Kier molecular flexibility index (Phi) is 6.76. The molecule has 2 aromatic rings. The molecular weight excluding hydrogens is 523 g/mol. The zero-order valence-corrected chi connectivity index (χ0v) is 23.6. The van der Waals surface area contributed by atoms with E-state index in [1.54, 1.807) is 11.8 Å². The number of hydrogen-bond acceptors (Lipinski definition) is 5. The number of halogens is 3. The van der Waals surface area contributed by atoms with Crippen LogP contribution in [0.5, 0.6) is 5.75 Å². The lowest BCUT2D eigenvalue weighted by Gasteiger charge is -2.62. The smallest absolute Gasteiger partial charge is 0.406 e. The van der Waals surface area contributed by atoms with Gasteiger partial charge in [-0.3, -0.25) is 4.79 Å². The lowest BCUT2D eigenvalue weighted by molar-refractivity contribution is -0.719. The highest BCUT2D eigenvalue weighted by molar-refractivity contribution is 5.81. The third-order valence-electron chi connectivity index (χ3n) is 11.5. The Morgan fingerprint density at radius 3 is 2.67 bits per heavy atom. The van der Waals surface area contributed by atoms with Crippen LogP contribution in [0.4, 0.5) is 13.2 Å². The van der Waals surface area contributed by atoms with Gasteiger partial charge in [-0.2, -0.15) is 0 Å². The number of aromatic amines is 1. The fourth-order valence-electron chi connectivity index (χ4n) is 9.89. The van der Waals surface area contributed by atoms with Gasteiger partial charge in [-0.25, -0.2) is 0 Å². The zero-order chi connectivity index (χ0) is 28.5. The Bertz CT molecular complexity index is 1280. The number of aliphatic hydroxyl groups is 1. The van der Waals surface area contributed by atoms with Crippen LogP contribution in [-0.2, 0) is 16.1 Å². The van der Waals surface area contributed by atoms with Gasteiger partial charge in [0.1, 0.15) is 5.75 Å². The minimum absolute atomic E-state index is 0.0614. The first-order valence-electron chi connectivity index (χ1n) is 14.7. The third kappa shape index (κ3) is 4.63. The molecule has 220 valence electrons. The Morgan fingerprint density at radius 1 is 1.12 bits per heavy atom. The number of methoxy groups -OCH3 is 1. The van der Waals surface area contributed by atoms with Crippen molar-refractivity contribution in [2.45, 2.75) is 90.1 Å². The monoisotopic (exact) mass is 564 g/mol. The molecule has 4 fully saturated rings. The van der Waals surface area contributed by atoms with Gasteiger partial charge in [0.2, 0.25) is 0 Å². The van der Waals surface area contributed by atoms with E-state index in [0.29, 0.717) is 34.7 Å². The molecule has 1 aromatic heterocycles. The average Bonchev–Trinajstić information content (AvgIpc) is 3.43. The molecule has 1 heterocycles. The Morgan fingerprint density at radius 2 is 1.93 bits per heavy atom. The van der Waals surface area contributed by atoms with Crippen molar-refractivity contribution in [3.8, 4) is 5.75 Å². The van der Waals surface area contributed by atoms with Crippen molar-refractivity contribution in [1.29, 1.82) is 0 Å². The minimum Gasteiger partial charge on any atom is -0.406 e. The molecule has 0 amide bonds. The first kappa shape index (κ1) is 27.9. The van der Waals surface area contributed by atoms with Crippen LogP contribution in [0.2, 0.25) is 0 Å². The number of ether oxygens (including phenoxy) is 2. The number of hydrogen-bond donors (Lipinski definition) is 2. The molecular formula is C30H41F3N3O4+. The fourth-order valence-corrected chi connectivity index (χ4v) is 9.89. The van der Waals surface area contributed by atoms with Gasteiger partial charge in [-0.1, -0.05) is 6.92 Å². The minimum atomic E-state index is -4.77.